The van der Waals surface area contributed by atoms with E-state index in [1.54, 1.807) is 6.92 Å². The van der Waals surface area contributed by atoms with Crippen LogP contribution in [0, 0.1) is 0 Å². The number of rotatable bonds is 6. The predicted octanol–water partition coefficient (Wildman–Crippen LogP) is 3.62. The number of thioether (sulfide) groups is 1. The number of carbonyl (C=O) groups is 2. The molecule has 0 fully saturated rings. The Hall–Kier alpha value is -1.70. The summed E-state index contributed by atoms with van der Waals surface area (Å²) >= 11 is -0.268. The number of hydrogen-bond acceptors (Lipinski definition) is 3. The molecular formula is C14H16F3NO3S. The van der Waals surface area contributed by atoms with Crippen LogP contribution in [-0.2, 0) is 4.79 Å². The largest absolute Gasteiger partial charge is 0.480 e. The van der Waals surface area contributed by atoms with E-state index in [0.29, 0.717) is 6.42 Å². The van der Waals surface area contributed by atoms with Crippen molar-refractivity contribution in [1.82, 2.24) is 4.90 Å². The molecular weight excluding hydrogens is 319 g/mol. The number of nitrogens with zero attached hydrogens (tertiary/aromatic N) is 1. The van der Waals surface area contributed by atoms with Gasteiger partial charge < -0.3 is 10.0 Å². The molecule has 0 aliphatic heterocycles. The molecule has 0 saturated carbocycles. The van der Waals surface area contributed by atoms with Gasteiger partial charge in [-0.05, 0) is 49.4 Å². The third-order valence-electron chi connectivity index (χ3n) is 3.02. The normalized spacial score (nSPS) is 12.8. The van der Waals surface area contributed by atoms with Crippen molar-refractivity contribution in [3.63, 3.8) is 0 Å². The first-order valence-corrected chi connectivity index (χ1v) is 7.34. The summed E-state index contributed by atoms with van der Waals surface area (Å²) in [6, 6.07) is 4.65. The highest BCUT2D eigenvalue weighted by atomic mass is 32.2. The van der Waals surface area contributed by atoms with Crippen molar-refractivity contribution in [3.05, 3.63) is 29.8 Å². The summed E-state index contributed by atoms with van der Waals surface area (Å²) in [6.45, 7) is 3.08. The van der Waals surface area contributed by atoms with Gasteiger partial charge in [0.25, 0.3) is 5.91 Å². The van der Waals surface area contributed by atoms with Crippen LogP contribution in [0.25, 0.3) is 0 Å². The van der Waals surface area contributed by atoms with Gasteiger partial charge in [-0.25, -0.2) is 0 Å². The molecule has 1 aromatic rings. The molecule has 4 nitrogen and oxygen atoms in total. The van der Waals surface area contributed by atoms with E-state index in [0.717, 1.165) is 0 Å². The molecule has 0 bridgehead atoms. The Labute approximate surface area is 130 Å². The van der Waals surface area contributed by atoms with Gasteiger partial charge in [-0.1, -0.05) is 6.92 Å². The number of amides is 1. The smallest absolute Gasteiger partial charge is 0.446 e. The van der Waals surface area contributed by atoms with Gasteiger partial charge in [0.1, 0.15) is 6.54 Å². The zero-order chi connectivity index (χ0) is 16.9. The fraction of sp³-hybridized carbons (Fsp3) is 0.429. The van der Waals surface area contributed by atoms with Crippen LogP contribution in [0.1, 0.15) is 30.6 Å². The van der Waals surface area contributed by atoms with Crippen molar-refractivity contribution in [1.29, 1.82) is 0 Å². The van der Waals surface area contributed by atoms with Gasteiger partial charge in [-0.3, -0.25) is 9.59 Å². The van der Waals surface area contributed by atoms with Crippen LogP contribution in [-0.4, -0.2) is 40.0 Å². The highest BCUT2D eigenvalue weighted by Crippen LogP contribution is 2.36. The summed E-state index contributed by atoms with van der Waals surface area (Å²) in [7, 11) is 0. The van der Waals surface area contributed by atoms with Crippen LogP contribution in [0.4, 0.5) is 13.2 Å². The lowest BCUT2D eigenvalue weighted by molar-refractivity contribution is -0.138. The first kappa shape index (κ1) is 18.3. The topological polar surface area (TPSA) is 57.6 Å². The average molecular weight is 335 g/mol. The Balaban J connectivity index is 2.92. The highest BCUT2D eigenvalue weighted by molar-refractivity contribution is 8.00. The number of aliphatic carboxylic acids is 1. The first-order valence-electron chi connectivity index (χ1n) is 6.52. The molecule has 1 aromatic carbocycles. The number of alkyl halides is 3. The third kappa shape index (κ3) is 5.59. The maximum atomic E-state index is 12.3. The summed E-state index contributed by atoms with van der Waals surface area (Å²) in [4.78, 5) is 24.3. The number of halogens is 3. The lowest BCUT2D eigenvalue weighted by atomic mass is 10.1. The number of hydrogen-bond donors (Lipinski definition) is 1. The Morgan fingerprint density at radius 1 is 1.27 bits per heavy atom. The van der Waals surface area contributed by atoms with Gasteiger partial charge in [0, 0.05) is 16.5 Å². The minimum Gasteiger partial charge on any atom is -0.480 e. The zero-order valence-corrected chi connectivity index (χ0v) is 12.9. The number of benzene rings is 1. The van der Waals surface area contributed by atoms with Crippen LogP contribution < -0.4 is 0 Å². The molecule has 1 amide bonds. The molecule has 1 rings (SSSR count). The second-order valence-electron chi connectivity index (χ2n) is 4.66. The van der Waals surface area contributed by atoms with Gasteiger partial charge in [0.15, 0.2) is 0 Å². The van der Waals surface area contributed by atoms with E-state index < -0.39 is 23.9 Å². The van der Waals surface area contributed by atoms with Gasteiger partial charge in [0.2, 0.25) is 0 Å². The van der Waals surface area contributed by atoms with Crippen LogP contribution in [0.2, 0.25) is 0 Å². The van der Waals surface area contributed by atoms with Crippen molar-refractivity contribution < 1.29 is 27.9 Å². The zero-order valence-electron chi connectivity index (χ0n) is 12.1. The van der Waals surface area contributed by atoms with Crippen LogP contribution in [0.3, 0.4) is 0 Å². The van der Waals surface area contributed by atoms with Crippen molar-refractivity contribution in [3.8, 4) is 0 Å². The van der Waals surface area contributed by atoms with Crippen molar-refractivity contribution >= 4 is 23.6 Å². The fourth-order valence-electron chi connectivity index (χ4n) is 1.76. The van der Waals surface area contributed by atoms with Crippen LogP contribution in [0.5, 0.6) is 0 Å². The molecule has 22 heavy (non-hydrogen) atoms. The van der Waals surface area contributed by atoms with E-state index >= 15 is 0 Å². The molecule has 122 valence electrons. The monoisotopic (exact) mass is 335 g/mol. The number of carboxylic acid groups (broad SMARTS) is 1. The van der Waals surface area contributed by atoms with E-state index in [1.807, 2.05) is 6.92 Å². The molecule has 0 radical (unpaired) electrons. The van der Waals surface area contributed by atoms with Crippen molar-refractivity contribution in [2.75, 3.05) is 6.54 Å². The first-order chi connectivity index (χ1) is 10.1. The molecule has 8 heteroatoms. The van der Waals surface area contributed by atoms with E-state index in [1.165, 1.54) is 29.2 Å². The van der Waals surface area contributed by atoms with E-state index in [4.69, 9.17) is 5.11 Å². The second-order valence-corrected chi connectivity index (χ2v) is 5.79. The Morgan fingerprint density at radius 3 is 2.23 bits per heavy atom. The minimum atomic E-state index is -4.39. The van der Waals surface area contributed by atoms with Crippen LogP contribution >= 0.6 is 11.8 Å². The van der Waals surface area contributed by atoms with Crippen LogP contribution in [0.15, 0.2) is 29.2 Å². The summed E-state index contributed by atoms with van der Waals surface area (Å²) in [6.07, 6.45) is 0.570. The van der Waals surface area contributed by atoms with E-state index in [2.05, 4.69) is 0 Å². The standard InChI is InChI=1S/C14H16F3NO3S/c1-3-9(2)18(8-12(19)20)13(21)10-4-6-11(7-5-10)22-14(15,16)17/h4-7,9H,3,8H2,1-2H3,(H,19,20). The predicted molar refractivity (Wildman–Crippen MR) is 76.8 cm³/mol. The van der Waals surface area contributed by atoms with Crippen molar-refractivity contribution in [2.45, 2.75) is 36.7 Å². The summed E-state index contributed by atoms with van der Waals surface area (Å²) in [5.74, 6) is -1.65. The minimum absolute atomic E-state index is 0.0302. The summed E-state index contributed by atoms with van der Waals surface area (Å²) in [5.41, 5.74) is -4.23. The summed E-state index contributed by atoms with van der Waals surface area (Å²) < 4.78 is 36.7. The SMILES string of the molecule is CCC(C)N(CC(=O)O)C(=O)c1ccc(SC(F)(F)F)cc1. The molecule has 0 aliphatic carbocycles. The average Bonchev–Trinajstić information content (AvgIpc) is 2.42. The van der Waals surface area contributed by atoms with E-state index in [9.17, 15) is 22.8 Å². The summed E-state index contributed by atoms with van der Waals surface area (Å²) in [5, 5.41) is 8.87. The Morgan fingerprint density at radius 2 is 1.82 bits per heavy atom. The third-order valence-corrected chi connectivity index (χ3v) is 3.76. The Kier molecular flexibility index (Phi) is 6.28. The van der Waals surface area contributed by atoms with Gasteiger partial charge in [0.05, 0.1) is 0 Å². The Bertz CT molecular complexity index is 531. The molecule has 0 aromatic heterocycles. The lowest BCUT2D eigenvalue weighted by Crippen LogP contribution is -2.41. The highest BCUT2D eigenvalue weighted by Gasteiger charge is 2.29. The molecule has 0 heterocycles. The second kappa shape index (κ2) is 7.53. The number of carbonyl (C=O) groups excluding carboxylic acids is 1. The van der Waals surface area contributed by atoms with Crippen molar-refractivity contribution in [2.24, 2.45) is 0 Å². The lowest BCUT2D eigenvalue weighted by Gasteiger charge is -2.27. The molecule has 0 saturated heterocycles. The maximum Gasteiger partial charge on any atom is 0.446 e. The van der Waals surface area contributed by atoms with Gasteiger partial charge >= 0.3 is 11.5 Å². The molecule has 1 atom stereocenters. The molecule has 1 unspecified atom stereocenters. The number of carboxylic acids is 1. The fourth-order valence-corrected chi connectivity index (χ4v) is 2.30. The maximum absolute atomic E-state index is 12.3. The molecule has 1 N–H and O–H groups in total. The molecule has 0 aliphatic rings. The molecule has 0 spiro atoms. The van der Waals surface area contributed by atoms with Gasteiger partial charge in [-0.2, -0.15) is 13.2 Å². The quantitative estimate of drug-likeness (QED) is 0.807. The van der Waals surface area contributed by atoms with E-state index in [-0.39, 0.29) is 28.3 Å². The van der Waals surface area contributed by atoms with Gasteiger partial charge in [-0.15, -0.1) is 0 Å².